The van der Waals surface area contributed by atoms with E-state index in [9.17, 15) is 0 Å². The molecule has 0 radical (unpaired) electrons. The predicted octanol–water partition coefficient (Wildman–Crippen LogP) is 4.72. The van der Waals surface area contributed by atoms with Gasteiger partial charge in [-0.15, -0.1) is 0 Å². The minimum absolute atomic E-state index is 0.143. The lowest BCUT2D eigenvalue weighted by atomic mass is 9.69. The van der Waals surface area contributed by atoms with Crippen LogP contribution >= 0.6 is 0 Å². The number of hydrogen-bond acceptors (Lipinski definition) is 5. The summed E-state index contributed by atoms with van der Waals surface area (Å²) in [6, 6.07) is 10.9. The molecule has 1 aliphatic carbocycles. The van der Waals surface area contributed by atoms with Crippen molar-refractivity contribution in [2.24, 2.45) is 5.92 Å². The Morgan fingerprint density at radius 1 is 1.00 bits per heavy atom. The van der Waals surface area contributed by atoms with E-state index in [1.54, 1.807) is 0 Å². The van der Waals surface area contributed by atoms with Gasteiger partial charge in [0.15, 0.2) is 5.60 Å². The topological polar surface area (TPSA) is 46.3 Å². The van der Waals surface area contributed by atoms with Gasteiger partial charge in [-0.05, 0) is 65.9 Å². The zero-order chi connectivity index (χ0) is 21.4. The first-order valence-corrected chi connectivity index (χ1v) is 11.7. The molecule has 1 aromatic carbocycles. The van der Waals surface area contributed by atoms with E-state index in [-0.39, 0.29) is 17.1 Å². The largest absolute Gasteiger partial charge is 0.348 e. The number of benzene rings is 1. The molecule has 166 valence electrons. The number of nitrogens with zero attached hydrogens (tertiary/aromatic N) is 1. The number of epoxide rings is 1. The van der Waals surface area contributed by atoms with Gasteiger partial charge >= 0.3 is 0 Å². The Morgan fingerprint density at radius 3 is 2.23 bits per heavy atom. The maximum Gasteiger partial charge on any atom is 0.278 e. The smallest absolute Gasteiger partial charge is 0.278 e. The van der Waals surface area contributed by atoms with Crippen LogP contribution in [0.1, 0.15) is 79.2 Å². The van der Waals surface area contributed by atoms with E-state index < -0.39 is 17.1 Å². The molecule has 30 heavy (non-hydrogen) atoms. The van der Waals surface area contributed by atoms with Crippen molar-refractivity contribution >= 4 is 0 Å². The van der Waals surface area contributed by atoms with Gasteiger partial charge in [-0.3, -0.25) is 5.32 Å². The zero-order valence-electron chi connectivity index (χ0n) is 19.5. The Balaban J connectivity index is 1.68. The van der Waals surface area contributed by atoms with Crippen molar-refractivity contribution in [2.75, 3.05) is 6.61 Å². The summed E-state index contributed by atoms with van der Waals surface area (Å²) >= 11 is 0. The molecule has 5 nitrogen and oxygen atoms in total. The third kappa shape index (κ3) is 2.79. The maximum absolute atomic E-state index is 6.91. The van der Waals surface area contributed by atoms with Gasteiger partial charge in [-0.2, -0.15) is 5.06 Å². The minimum atomic E-state index is -0.995. The normalized spacial score (nSPS) is 41.7. The number of hydroxylamine groups is 2. The van der Waals surface area contributed by atoms with Crippen molar-refractivity contribution in [3.63, 3.8) is 0 Å². The Hall–Kier alpha value is -0.980. The molecule has 4 atom stereocenters. The van der Waals surface area contributed by atoms with Gasteiger partial charge in [0.2, 0.25) is 0 Å². The molecular weight excluding hydrogens is 376 g/mol. The summed E-state index contributed by atoms with van der Waals surface area (Å²) in [5.41, 5.74) is -0.204. The van der Waals surface area contributed by atoms with Crippen LogP contribution in [-0.2, 0) is 19.9 Å². The fraction of sp³-hybridized carbons (Fsp3) is 0.760. The second kappa shape index (κ2) is 6.52. The predicted molar refractivity (Wildman–Crippen MR) is 117 cm³/mol. The summed E-state index contributed by atoms with van der Waals surface area (Å²) in [4.78, 5) is 6.88. The highest BCUT2D eigenvalue weighted by Crippen LogP contribution is 2.70. The van der Waals surface area contributed by atoms with Gasteiger partial charge in [0.25, 0.3) is 5.91 Å². The fourth-order valence-corrected chi connectivity index (χ4v) is 6.22. The van der Waals surface area contributed by atoms with Gasteiger partial charge in [0, 0.05) is 11.1 Å². The van der Waals surface area contributed by atoms with Gasteiger partial charge in [0.05, 0.1) is 12.6 Å². The number of fused-ring (bicyclic) bond motifs is 2. The van der Waals surface area contributed by atoms with Crippen LogP contribution in [-0.4, -0.2) is 40.3 Å². The van der Waals surface area contributed by atoms with Crippen molar-refractivity contribution in [3.8, 4) is 0 Å². The van der Waals surface area contributed by atoms with Crippen LogP contribution in [0.3, 0.4) is 0 Å². The highest BCUT2D eigenvalue weighted by molar-refractivity contribution is 5.40. The SMILES string of the molecule is CC1(C)CO[C@@]2(N1)ON(C(C)(C)C)[C@@H](C1CCCCC1)[C@]1(c3ccccc3)O[C@]21C. The number of rotatable bonds is 2. The zero-order valence-corrected chi connectivity index (χ0v) is 19.5. The number of ether oxygens (including phenoxy) is 2. The van der Waals surface area contributed by atoms with Crippen LogP contribution in [0, 0.1) is 5.92 Å². The first-order chi connectivity index (χ1) is 14.0. The Bertz CT molecular complexity index is 800. The summed E-state index contributed by atoms with van der Waals surface area (Å²) in [6.45, 7) is 13.8. The molecule has 4 aliphatic rings. The summed E-state index contributed by atoms with van der Waals surface area (Å²) in [5.74, 6) is -0.461. The van der Waals surface area contributed by atoms with Gasteiger partial charge < -0.3 is 9.47 Å². The third-order valence-corrected chi connectivity index (χ3v) is 7.66. The first-order valence-electron chi connectivity index (χ1n) is 11.7. The molecule has 5 rings (SSSR count). The van der Waals surface area contributed by atoms with Crippen molar-refractivity contribution in [1.29, 1.82) is 0 Å². The molecule has 1 N–H and O–H groups in total. The Labute approximate surface area is 181 Å². The van der Waals surface area contributed by atoms with E-state index in [0.717, 1.165) is 0 Å². The van der Waals surface area contributed by atoms with Crippen molar-refractivity contribution < 1.29 is 14.3 Å². The van der Waals surface area contributed by atoms with E-state index in [0.29, 0.717) is 12.5 Å². The molecule has 0 amide bonds. The second-order valence-electron chi connectivity index (χ2n) is 11.6. The van der Waals surface area contributed by atoms with Gasteiger partial charge in [-0.1, -0.05) is 49.6 Å². The molecular formula is C25H38N2O3. The van der Waals surface area contributed by atoms with Crippen LogP contribution in [0.25, 0.3) is 0 Å². The molecule has 1 saturated carbocycles. The molecule has 0 aromatic heterocycles. The van der Waals surface area contributed by atoms with Crippen LogP contribution in [0.15, 0.2) is 30.3 Å². The van der Waals surface area contributed by atoms with Crippen molar-refractivity contribution in [1.82, 2.24) is 10.4 Å². The fourth-order valence-electron chi connectivity index (χ4n) is 6.22. The molecule has 3 heterocycles. The van der Waals surface area contributed by atoms with Crippen LogP contribution in [0.5, 0.6) is 0 Å². The molecule has 4 fully saturated rings. The van der Waals surface area contributed by atoms with E-state index in [2.05, 4.69) is 82.3 Å². The number of hydrogen-bond donors (Lipinski definition) is 1. The first kappa shape index (κ1) is 20.9. The van der Waals surface area contributed by atoms with Crippen molar-refractivity contribution in [3.05, 3.63) is 35.9 Å². The van der Waals surface area contributed by atoms with E-state index >= 15 is 0 Å². The van der Waals surface area contributed by atoms with E-state index in [1.165, 1.54) is 37.7 Å². The monoisotopic (exact) mass is 414 g/mol. The standard InChI is InChI=1S/C25H38N2O3/c1-21(2,3)27-20(18-13-9-7-10-14-18)24(19-15-11-8-12-16-19)23(6,29-24)25(30-27)26-22(4,5)17-28-25/h8,11-12,15-16,18,20,26H,7,9-10,13-14,17H2,1-6H3/t20-,23-,24-,25+/m0/s1. The molecule has 1 aromatic rings. The summed E-state index contributed by atoms with van der Waals surface area (Å²) in [7, 11) is 0. The highest BCUT2D eigenvalue weighted by atomic mass is 16.9. The molecule has 1 spiro atoms. The average Bonchev–Trinajstić information content (AvgIpc) is 3.24. The highest BCUT2D eigenvalue weighted by Gasteiger charge is 2.87. The lowest BCUT2D eigenvalue weighted by molar-refractivity contribution is -0.414. The molecule has 5 heteroatoms. The summed E-state index contributed by atoms with van der Waals surface area (Å²) in [5, 5.41) is 5.92. The quantitative estimate of drug-likeness (QED) is 0.710. The second-order valence-corrected chi connectivity index (χ2v) is 11.6. The van der Waals surface area contributed by atoms with Crippen molar-refractivity contribution in [2.45, 2.75) is 108 Å². The summed E-state index contributed by atoms with van der Waals surface area (Å²) in [6.07, 6.45) is 6.35. The molecule has 0 unspecified atom stereocenters. The van der Waals surface area contributed by atoms with Crippen LogP contribution < -0.4 is 5.32 Å². The molecule has 3 aliphatic heterocycles. The van der Waals surface area contributed by atoms with Gasteiger partial charge in [-0.25, -0.2) is 4.84 Å². The average molecular weight is 415 g/mol. The van der Waals surface area contributed by atoms with Crippen LogP contribution in [0.2, 0.25) is 0 Å². The summed E-state index contributed by atoms with van der Waals surface area (Å²) < 4.78 is 13.4. The lowest BCUT2D eigenvalue weighted by Crippen LogP contribution is -2.73. The lowest BCUT2D eigenvalue weighted by Gasteiger charge is -2.55. The van der Waals surface area contributed by atoms with E-state index in [1.807, 2.05) is 0 Å². The number of nitrogens with one attached hydrogen (secondary N) is 1. The van der Waals surface area contributed by atoms with Crippen LogP contribution in [0.4, 0.5) is 0 Å². The minimum Gasteiger partial charge on any atom is -0.348 e. The Kier molecular flexibility index (Phi) is 4.54. The maximum atomic E-state index is 6.91. The van der Waals surface area contributed by atoms with Gasteiger partial charge in [0.1, 0.15) is 5.60 Å². The van der Waals surface area contributed by atoms with E-state index in [4.69, 9.17) is 14.3 Å². The Morgan fingerprint density at radius 2 is 1.67 bits per heavy atom. The molecule has 0 bridgehead atoms. The molecule has 3 saturated heterocycles. The third-order valence-electron chi connectivity index (χ3n) is 7.66.